The molecule has 3 rings (SSSR count). The van der Waals surface area contributed by atoms with Gasteiger partial charge >= 0.3 is 0 Å². The van der Waals surface area contributed by atoms with Crippen molar-refractivity contribution >= 4 is 11.6 Å². The van der Waals surface area contributed by atoms with Gasteiger partial charge in [-0.3, -0.25) is 4.79 Å². The summed E-state index contributed by atoms with van der Waals surface area (Å²) >= 11 is 0. The van der Waals surface area contributed by atoms with Crippen molar-refractivity contribution in [3.8, 4) is 5.69 Å². The normalized spacial score (nSPS) is 10.3. The Morgan fingerprint density at radius 2 is 1.95 bits per heavy atom. The second kappa shape index (κ2) is 5.58. The van der Waals surface area contributed by atoms with E-state index in [4.69, 9.17) is 0 Å². The lowest BCUT2D eigenvalue weighted by atomic mass is 10.2. The van der Waals surface area contributed by atoms with Gasteiger partial charge in [-0.1, -0.05) is 18.2 Å². The Balaban J connectivity index is 1.84. The molecule has 1 N–H and O–H groups in total. The van der Waals surface area contributed by atoms with Gasteiger partial charge < -0.3 is 5.32 Å². The summed E-state index contributed by atoms with van der Waals surface area (Å²) in [5.41, 5.74) is 1.41. The van der Waals surface area contributed by atoms with E-state index in [1.54, 1.807) is 47.4 Å². The number of rotatable bonds is 3. The number of aromatic nitrogens is 2. The number of nitrogens with one attached hydrogen (secondary N) is 1. The average molecular weight is 281 g/mol. The SMILES string of the molecule is O=C(Nc1cccc(-n2cccn2)c1)c1ccccc1F. The number of hydrogen-bond donors (Lipinski definition) is 1. The van der Waals surface area contributed by atoms with Crippen LogP contribution in [0, 0.1) is 5.82 Å². The molecule has 0 saturated carbocycles. The number of benzene rings is 2. The first-order chi connectivity index (χ1) is 10.2. The quantitative estimate of drug-likeness (QED) is 0.801. The lowest BCUT2D eigenvalue weighted by Gasteiger charge is -2.08. The van der Waals surface area contributed by atoms with Gasteiger partial charge in [0, 0.05) is 18.1 Å². The van der Waals surface area contributed by atoms with E-state index < -0.39 is 11.7 Å². The molecule has 5 heteroatoms. The Kier molecular flexibility index (Phi) is 3.47. The molecule has 104 valence electrons. The molecule has 1 amide bonds. The Hall–Kier alpha value is -2.95. The molecule has 21 heavy (non-hydrogen) atoms. The maximum atomic E-state index is 13.6. The number of carbonyl (C=O) groups is 1. The highest BCUT2D eigenvalue weighted by atomic mass is 19.1. The molecule has 0 radical (unpaired) electrons. The van der Waals surface area contributed by atoms with Crippen molar-refractivity contribution in [1.82, 2.24) is 9.78 Å². The van der Waals surface area contributed by atoms with Crippen LogP contribution in [0.5, 0.6) is 0 Å². The van der Waals surface area contributed by atoms with Crippen molar-refractivity contribution in [2.45, 2.75) is 0 Å². The van der Waals surface area contributed by atoms with Gasteiger partial charge in [-0.2, -0.15) is 5.10 Å². The Morgan fingerprint density at radius 1 is 1.10 bits per heavy atom. The van der Waals surface area contributed by atoms with Gasteiger partial charge in [-0.05, 0) is 36.4 Å². The summed E-state index contributed by atoms with van der Waals surface area (Å²) in [6, 6.07) is 14.9. The topological polar surface area (TPSA) is 46.9 Å². The lowest BCUT2D eigenvalue weighted by molar-refractivity contribution is 0.102. The van der Waals surface area contributed by atoms with Crippen molar-refractivity contribution in [3.05, 3.63) is 78.4 Å². The minimum Gasteiger partial charge on any atom is -0.322 e. The largest absolute Gasteiger partial charge is 0.322 e. The van der Waals surface area contributed by atoms with E-state index in [2.05, 4.69) is 10.4 Å². The van der Waals surface area contributed by atoms with Crippen molar-refractivity contribution in [3.63, 3.8) is 0 Å². The molecule has 0 spiro atoms. The zero-order valence-corrected chi connectivity index (χ0v) is 11.0. The van der Waals surface area contributed by atoms with Crippen LogP contribution in [0.4, 0.5) is 10.1 Å². The molecule has 1 aromatic heterocycles. The molecule has 4 nitrogen and oxygen atoms in total. The monoisotopic (exact) mass is 281 g/mol. The van der Waals surface area contributed by atoms with Gasteiger partial charge in [0.25, 0.3) is 5.91 Å². The predicted octanol–water partition coefficient (Wildman–Crippen LogP) is 3.26. The summed E-state index contributed by atoms with van der Waals surface area (Å²) in [4.78, 5) is 12.1. The van der Waals surface area contributed by atoms with Crippen molar-refractivity contribution in [2.75, 3.05) is 5.32 Å². The van der Waals surface area contributed by atoms with Gasteiger partial charge in [0.2, 0.25) is 0 Å². The van der Waals surface area contributed by atoms with Crippen LogP contribution >= 0.6 is 0 Å². The number of halogens is 1. The lowest BCUT2D eigenvalue weighted by Crippen LogP contribution is -2.13. The molecule has 0 atom stereocenters. The van der Waals surface area contributed by atoms with Crippen LogP contribution in [-0.4, -0.2) is 15.7 Å². The van der Waals surface area contributed by atoms with Crippen LogP contribution in [0.25, 0.3) is 5.69 Å². The first-order valence-corrected chi connectivity index (χ1v) is 6.40. The third kappa shape index (κ3) is 2.81. The summed E-state index contributed by atoms with van der Waals surface area (Å²) in [5, 5.41) is 6.80. The number of hydrogen-bond acceptors (Lipinski definition) is 2. The molecule has 0 aliphatic carbocycles. The van der Waals surface area contributed by atoms with Crippen molar-refractivity contribution in [2.24, 2.45) is 0 Å². The first kappa shape index (κ1) is 13.1. The fourth-order valence-corrected chi connectivity index (χ4v) is 1.99. The standard InChI is InChI=1S/C16H12FN3O/c17-15-8-2-1-7-14(15)16(21)19-12-5-3-6-13(11-12)20-10-4-9-18-20/h1-11H,(H,19,21). The number of carbonyl (C=O) groups excluding carboxylic acids is 1. The van der Waals surface area contributed by atoms with Crippen molar-refractivity contribution < 1.29 is 9.18 Å². The van der Waals surface area contributed by atoms with E-state index in [-0.39, 0.29) is 5.56 Å². The Bertz CT molecular complexity index is 769. The summed E-state index contributed by atoms with van der Waals surface area (Å²) in [5.74, 6) is -1.02. The highest BCUT2D eigenvalue weighted by Crippen LogP contribution is 2.16. The second-order valence-corrected chi connectivity index (χ2v) is 4.43. The van der Waals surface area contributed by atoms with Gasteiger partial charge in [0.05, 0.1) is 11.3 Å². The summed E-state index contributed by atoms with van der Waals surface area (Å²) < 4.78 is 15.2. The highest BCUT2D eigenvalue weighted by molar-refractivity contribution is 6.04. The van der Waals surface area contributed by atoms with Crippen LogP contribution in [0.15, 0.2) is 67.0 Å². The van der Waals surface area contributed by atoms with Crippen molar-refractivity contribution in [1.29, 1.82) is 0 Å². The van der Waals surface area contributed by atoms with Gasteiger partial charge in [0.15, 0.2) is 0 Å². The maximum Gasteiger partial charge on any atom is 0.258 e. The summed E-state index contributed by atoms with van der Waals surface area (Å²) in [6.45, 7) is 0. The number of amides is 1. The highest BCUT2D eigenvalue weighted by Gasteiger charge is 2.11. The fraction of sp³-hybridized carbons (Fsp3) is 0. The van der Waals surface area contributed by atoms with Crippen LogP contribution in [0.2, 0.25) is 0 Å². The molecule has 0 bridgehead atoms. The van der Waals surface area contributed by atoms with Crippen LogP contribution in [-0.2, 0) is 0 Å². The summed E-state index contributed by atoms with van der Waals surface area (Å²) in [6.07, 6.45) is 3.47. The molecule has 0 unspecified atom stereocenters. The zero-order chi connectivity index (χ0) is 14.7. The minimum atomic E-state index is -0.543. The molecule has 3 aromatic rings. The van der Waals surface area contributed by atoms with Gasteiger partial charge in [-0.25, -0.2) is 9.07 Å². The summed E-state index contributed by atoms with van der Waals surface area (Å²) in [7, 11) is 0. The maximum absolute atomic E-state index is 13.6. The molecule has 0 saturated heterocycles. The molecule has 0 aliphatic rings. The fourth-order valence-electron chi connectivity index (χ4n) is 1.99. The second-order valence-electron chi connectivity index (χ2n) is 4.43. The van der Waals surface area contributed by atoms with Crippen LogP contribution < -0.4 is 5.32 Å². The number of nitrogens with zero attached hydrogens (tertiary/aromatic N) is 2. The van der Waals surface area contributed by atoms with E-state index in [1.165, 1.54) is 12.1 Å². The third-order valence-electron chi connectivity index (χ3n) is 2.99. The van der Waals surface area contributed by atoms with Gasteiger partial charge in [0.1, 0.15) is 5.82 Å². The molecular weight excluding hydrogens is 269 g/mol. The van der Waals surface area contributed by atoms with E-state index in [0.717, 1.165) is 5.69 Å². The number of anilines is 1. The zero-order valence-electron chi connectivity index (χ0n) is 11.0. The molecule has 0 fully saturated rings. The average Bonchev–Trinajstić information content (AvgIpc) is 3.02. The predicted molar refractivity (Wildman–Crippen MR) is 77.9 cm³/mol. The smallest absolute Gasteiger partial charge is 0.258 e. The molecule has 0 aliphatic heterocycles. The van der Waals surface area contributed by atoms with E-state index in [1.807, 2.05) is 12.1 Å². The Labute approximate surface area is 120 Å². The van der Waals surface area contributed by atoms with Gasteiger partial charge in [-0.15, -0.1) is 0 Å². The minimum absolute atomic E-state index is 0.0157. The van der Waals surface area contributed by atoms with E-state index >= 15 is 0 Å². The Morgan fingerprint density at radius 3 is 2.71 bits per heavy atom. The third-order valence-corrected chi connectivity index (χ3v) is 2.99. The van der Waals surface area contributed by atoms with E-state index in [9.17, 15) is 9.18 Å². The first-order valence-electron chi connectivity index (χ1n) is 6.40. The molecule has 1 heterocycles. The van der Waals surface area contributed by atoms with Crippen LogP contribution in [0.3, 0.4) is 0 Å². The molecular formula is C16H12FN3O. The van der Waals surface area contributed by atoms with Crippen LogP contribution in [0.1, 0.15) is 10.4 Å². The molecule has 2 aromatic carbocycles. The van der Waals surface area contributed by atoms with E-state index in [0.29, 0.717) is 5.69 Å².